The van der Waals surface area contributed by atoms with E-state index in [4.69, 9.17) is 35.9 Å². The Bertz CT molecular complexity index is 1460. The number of halogens is 1. The molecule has 3 aromatic rings. The molecule has 14 nitrogen and oxygen atoms in total. The van der Waals surface area contributed by atoms with Crippen LogP contribution in [0, 0.1) is 11.3 Å². The van der Waals surface area contributed by atoms with E-state index in [2.05, 4.69) is 31.3 Å². The number of hydrogen-bond donors (Lipinski definition) is 4. The first-order chi connectivity index (χ1) is 19.0. The number of anilines is 1. The molecule has 0 amide bonds. The van der Waals surface area contributed by atoms with E-state index < -0.39 is 56.5 Å². The number of benzene rings is 1. The van der Waals surface area contributed by atoms with Crippen LogP contribution in [0.25, 0.3) is 11.2 Å². The summed E-state index contributed by atoms with van der Waals surface area (Å²) in [5, 5.41) is 27.0. The number of carbonyl (C=O) groups is 1. The number of aromatic nitrogens is 4. The van der Waals surface area contributed by atoms with Crippen molar-refractivity contribution in [2.75, 3.05) is 12.3 Å². The number of aliphatic hydroxyl groups is 2. The smallest absolute Gasteiger partial charge is 0.459 e. The molecule has 1 aliphatic heterocycles. The average molecular weight is 595 g/mol. The first-order valence-electron chi connectivity index (χ1n) is 12.1. The van der Waals surface area contributed by atoms with Gasteiger partial charge in [0.25, 0.3) is 0 Å². The average Bonchev–Trinajstić information content (AvgIpc) is 3.41. The fourth-order valence-electron chi connectivity index (χ4n) is 3.91. The monoisotopic (exact) mass is 594 g/mol. The normalized spacial score (nSPS) is 24.7. The van der Waals surface area contributed by atoms with Crippen molar-refractivity contribution in [2.24, 2.45) is 0 Å². The van der Waals surface area contributed by atoms with Crippen LogP contribution >= 0.6 is 19.3 Å². The highest BCUT2D eigenvalue weighted by Crippen LogP contribution is 2.47. The van der Waals surface area contributed by atoms with E-state index in [0.29, 0.717) is 5.52 Å². The number of rotatable bonds is 10. The maximum Gasteiger partial charge on any atom is 0.459 e. The molecule has 214 valence electrons. The quantitative estimate of drug-likeness (QED) is 0.151. The molecule has 4 rings (SSSR count). The first-order valence-corrected chi connectivity index (χ1v) is 14.0. The summed E-state index contributed by atoms with van der Waals surface area (Å²) in [7, 11) is -4.30. The second-order valence-electron chi connectivity index (χ2n) is 9.14. The van der Waals surface area contributed by atoms with Crippen molar-refractivity contribution in [3.05, 3.63) is 42.9 Å². The van der Waals surface area contributed by atoms with Gasteiger partial charge in [0.2, 0.25) is 11.5 Å². The van der Waals surface area contributed by atoms with E-state index in [-0.39, 0.29) is 17.3 Å². The predicted octanol–water partition coefficient (Wildman–Crippen LogP) is 1.73. The topological polar surface area (TPSA) is 193 Å². The molecule has 16 heteroatoms. The van der Waals surface area contributed by atoms with Crippen molar-refractivity contribution in [3.8, 4) is 17.0 Å². The first kappa shape index (κ1) is 29.7. The van der Waals surface area contributed by atoms with Gasteiger partial charge in [-0.25, -0.2) is 14.5 Å². The van der Waals surface area contributed by atoms with Crippen LogP contribution < -0.4 is 15.3 Å². The molecule has 1 saturated heterocycles. The number of para-hydroxylation sites is 1. The van der Waals surface area contributed by atoms with E-state index in [1.54, 1.807) is 32.0 Å². The SMILES string of the molecule is CC(C)OC(=O)C(C)NP(=O)(OCC1OC(n2cnc3cnc(N)nc32)C(O)(C#CCl)[C@H]1O)Oc1ccccc1. The molecule has 0 aliphatic carbocycles. The molecule has 5 unspecified atom stereocenters. The van der Waals surface area contributed by atoms with Gasteiger partial charge in [0.15, 0.2) is 11.9 Å². The molecule has 0 spiro atoms. The Labute approximate surface area is 234 Å². The largest absolute Gasteiger partial charge is 0.462 e. The van der Waals surface area contributed by atoms with Crippen LogP contribution in [0.1, 0.15) is 27.0 Å². The number of nitrogens with two attached hydrogens (primary N) is 1. The van der Waals surface area contributed by atoms with Crippen molar-refractivity contribution >= 4 is 42.4 Å². The number of imidazole rings is 1. The van der Waals surface area contributed by atoms with Gasteiger partial charge in [0.1, 0.15) is 29.5 Å². The lowest BCUT2D eigenvalue weighted by molar-refractivity contribution is -0.149. The van der Waals surface area contributed by atoms with Gasteiger partial charge >= 0.3 is 13.7 Å². The molecule has 1 aliphatic rings. The minimum atomic E-state index is -4.30. The number of carbonyl (C=O) groups excluding carboxylic acids is 1. The molecule has 2 aromatic heterocycles. The number of fused-ring (bicyclic) bond motifs is 1. The number of esters is 1. The number of nitrogens with one attached hydrogen (secondary N) is 1. The third-order valence-corrected chi connectivity index (χ3v) is 7.49. The lowest BCUT2D eigenvalue weighted by atomic mass is 9.95. The molecule has 1 fully saturated rings. The summed E-state index contributed by atoms with van der Waals surface area (Å²) in [6.45, 7) is 4.20. The van der Waals surface area contributed by atoms with Crippen molar-refractivity contribution in [2.45, 2.75) is 57.0 Å². The van der Waals surface area contributed by atoms with Crippen LogP contribution in [0.4, 0.5) is 5.95 Å². The lowest BCUT2D eigenvalue weighted by Gasteiger charge is -2.26. The van der Waals surface area contributed by atoms with Gasteiger partial charge in [-0.3, -0.25) is 13.9 Å². The number of ether oxygens (including phenoxy) is 2. The summed E-state index contributed by atoms with van der Waals surface area (Å²) >= 11 is 5.61. The standard InChI is InChI=1S/C24H28ClN6O8P/c1-14(2)37-21(33)15(3)30-40(35,39-16-7-5-4-6-8-16)36-12-18-19(32)24(34,9-10-25)22(38-18)31-13-28-17-11-27-23(26)29-20(17)31/h4-8,11,13-15,18-19,22,32,34H,12H2,1-3H3,(H,30,35)(H2,26,27,29)/t15?,18?,19-,22?,24?,40?/m0/s1. The van der Waals surface area contributed by atoms with Gasteiger partial charge in [-0.2, -0.15) is 10.1 Å². The molecule has 6 atom stereocenters. The number of hydrogen-bond acceptors (Lipinski definition) is 12. The predicted molar refractivity (Wildman–Crippen MR) is 143 cm³/mol. The third kappa shape index (κ3) is 6.37. The van der Waals surface area contributed by atoms with Crippen LogP contribution in [0.5, 0.6) is 5.75 Å². The second-order valence-corrected chi connectivity index (χ2v) is 11.0. The van der Waals surface area contributed by atoms with E-state index >= 15 is 0 Å². The highest BCUT2D eigenvalue weighted by Gasteiger charge is 2.57. The third-order valence-electron chi connectivity index (χ3n) is 5.75. The van der Waals surface area contributed by atoms with Crippen molar-refractivity contribution in [1.29, 1.82) is 0 Å². The minimum Gasteiger partial charge on any atom is -0.462 e. The Kier molecular flexibility index (Phi) is 8.96. The zero-order chi connectivity index (χ0) is 29.1. The van der Waals surface area contributed by atoms with Gasteiger partial charge < -0.3 is 29.9 Å². The Morgan fingerprint density at radius 1 is 1.32 bits per heavy atom. The maximum absolute atomic E-state index is 13.8. The Hall–Kier alpha value is -3.28. The van der Waals surface area contributed by atoms with Crippen molar-refractivity contribution in [3.63, 3.8) is 0 Å². The number of nitrogens with zero attached hydrogens (tertiary/aromatic N) is 4. The van der Waals surface area contributed by atoms with Crippen LogP contribution in [0.2, 0.25) is 0 Å². The van der Waals surface area contributed by atoms with Crippen LogP contribution in [-0.4, -0.2) is 72.3 Å². The minimum absolute atomic E-state index is 0.0603. The van der Waals surface area contributed by atoms with E-state index in [1.165, 1.54) is 36.1 Å². The molecule has 3 heterocycles. The summed E-state index contributed by atoms with van der Waals surface area (Å²) in [4.78, 5) is 24.5. The lowest BCUT2D eigenvalue weighted by Crippen LogP contribution is -2.46. The van der Waals surface area contributed by atoms with Gasteiger partial charge in [-0.15, -0.1) is 0 Å². The van der Waals surface area contributed by atoms with E-state index in [9.17, 15) is 19.6 Å². The Balaban J connectivity index is 1.59. The van der Waals surface area contributed by atoms with Gasteiger partial charge in [-0.1, -0.05) is 18.2 Å². The van der Waals surface area contributed by atoms with Crippen LogP contribution in [-0.2, 0) is 23.4 Å². The zero-order valence-corrected chi connectivity index (χ0v) is 23.3. The molecular formula is C24H28ClN6O8P. The maximum atomic E-state index is 13.8. The molecule has 5 N–H and O–H groups in total. The van der Waals surface area contributed by atoms with Gasteiger partial charge in [0, 0.05) is 5.38 Å². The molecule has 1 aromatic carbocycles. The Morgan fingerprint density at radius 3 is 2.73 bits per heavy atom. The van der Waals surface area contributed by atoms with E-state index in [0.717, 1.165) is 0 Å². The van der Waals surface area contributed by atoms with Crippen molar-refractivity contribution < 1.29 is 38.1 Å². The highest BCUT2D eigenvalue weighted by molar-refractivity contribution is 7.52. The fourth-order valence-corrected chi connectivity index (χ4v) is 5.56. The highest BCUT2D eigenvalue weighted by atomic mass is 35.5. The zero-order valence-electron chi connectivity index (χ0n) is 21.7. The number of nitrogen functional groups attached to an aromatic ring is 1. The molecule has 0 bridgehead atoms. The van der Waals surface area contributed by atoms with Crippen molar-refractivity contribution in [1.82, 2.24) is 24.6 Å². The number of aliphatic hydroxyl groups excluding tert-OH is 1. The molecule has 0 radical (unpaired) electrons. The summed E-state index contributed by atoms with van der Waals surface area (Å²) in [6, 6.07) is 7.02. The summed E-state index contributed by atoms with van der Waals surface area (Å²) in [5.74, 6) is 1.79. The summed E-state index contributed by atoms with van der Waals surface area (Å²) in [5.41, 5.74) is 3.97. The van der Waals surface area contributed by atoms with E-state index in [1.807, 2.05) is 0 Å². The molecule has 0 saturated carbocycles. The fraction of sp³-hybridized carbons (Fsp3) is 0.417. The van der Waals surface area contributed by atoms with Crippen LogP contribution in [0.15, 0.2) is 42.9 Å². The summed E-state index contributed by atoms with van der Waals surface area (Å²) < 4.78 is 37.4. The van der Waals surface area contributed by atoms with Gasteiger partial charge in [0.05, 0.1) is 25.2 Å². The second kappa shape index (κ2) is 12.1. The molecular weight excluding hydrogens is 567 g/mol. The van der Waals surface area contributed by atoms with Gasteiger partial charge in [-0.05, 0) is 50.4 Å². The Morgan fingerprint density at radius 2 is 2.05 bits per heavy atom. The summed E-state index contributed by atoms with van der Waals surface area (Å²) in [6.07, 6.45) is -2.14. The molecule has 40 heavy (non-hydrogen) atoms. The van der Waals surface area contributed by atoms with Crippen LogP contribution in [0.3, 0.4) is 0 Å².